The van der Waals surface area contributed by atoms with Crippen molar-refractivity contribution in [3.05, 3.63) is 35.4 Å². The Morgan fingerprint density at radius 3 is 2.48 bits per heavy atom. The van der Waals surface area contributed by atoms with Crippen LogP contribution in [0, 0.1) is 6.92 Å². The Balaban J connectivity index is 1.61. The van der Waals surface area contributed by atoms with Crippen LogP contribution in [-0.4, -0.2) is 53.8 Å². The predicted molar refractivity (Wildman–Crippen MR) is 85.8 cm³/mol. The Labute approximate surface area is 127 Å². The van der Waals surface area contributed by atoms with E-state index in [0.29, 0.717) is 6.04 Å². The Hall–Kier alpha value is -1.19. The first kappa shape index (κ1) is 14.7. The van der Waals surface area contributed by atoms with E-state index in [0.717, 1.165) is 18.7 Å². The number of nitrogens with zero attached hydrogens (tertiary/aromatic N) is 2. The van der Waals surface area contributed by atoms with Gasteiger partial charge in [0.1, 0.15) is 0 Å². The molecule has 3 nitrogen and oxygen atoms in total. The summed E-state index contributed by atoms with van der Waals surface area (Å²) in [6.07, 6.45) is 3.90. The number of likely N-dealkylation sites (tertiary alicyclic amines) is 2. The van der Waals surface area contributed by atoms with E-state index in [4.69, 9.17) is 0 Å². The highest BCUT2D eigenvalue weighted by Crippen LogP contribution is 2.23. The maximum atomic E-state index is 12.6. The van der Waals surface area contributed by atoms with Gasteiger partial charge in [0, 0.05) is 24.7 Å². The lowest BCUT2D eigenvalue weighted by atomic mass is 10.0. The monoisotopic (exact) mass is 286 g/mol. The molecule has 2 atom stereocenters. The van der Waals surface area contributed by atoms with E-state index < -0.39 is 0 Å². The van der Waals surface area contributed by atoms with Crippen molar-refractivity contribution in [2.45, 2.75) is 45.2 Å². The maximum Gasteiger partial charge on any atom is 0.179 e. The van der Waals surface area contributed by atoms with E-state index in [2.05, 4.69) is 23.6 Å². The molecule has 0 aromatic heterocycles. The number of carbonyl (C=O) groups excluding carboxylic acids is 1. The van der Waals surface area contributed by atoms with Crippen LogP contribution in [0.25, 0.3) is 0 Å². The number of ketones is 1. The third kappa shape index (κ3) is 3.19. The number of rotatable bonds is 4. The van der Waals surface area contributed by atoms with Crippen molar-refractivity contribution in [3.8, 4) is 0 Å². The molecule has 2 unspecified atom stereocenters. The third-order valence-electron chi connectivity index (χ3n) is 5.12. The first-order valence-corrected chi connectivity index (χ1v) is 8.24. The third-order valence-corrected chi connectivity index (χ3v) is 5.12. The zero-order chi connectivity index (χ0) is 14.8. The van der Waals surface area contributed by atoms with Gasteiger partial charge < -0.3 is 0 Å². The summed E-state index contributed by atoms with van der Waals surface area (Å²) in [5.41, 5.74) is 2.05. The molecule has 0 radical (unpaired) electrons. The van der Waals surface area contributed by atoms with Crippen molar-refractivity contribution in [1.82, 2.24) is 9.80 Å². The maximum absolute atomic E-state index is 12.6. The second kappa shape index (κ2) is 6.29. The summed E-state index contributed by atoms with van der Waals surface area (Å²) in [6.45, 7) is 8.73. The van der Waals surface area contributed by atoms with Crippen LogP contribution in [-0.2, 0) is 0 Å². The minimum absolute atomic E-state index is 0.000286. The lowest BCUT2D eigenvalue weighted by Gasteiger charge is -2.26. The summed E-state index contributed by atoms with van der Waals surface area (Å²) in [4.78, 5) is 17.6. The summed E-state index contributed by atoms with van der Waals surface area (Å²) < 4.78 is 0. The molecule has 1 aromatic rings. The Morgan fingerprint density at radius 1 is 1.14 bits per heavy atom. The van der Waals surface area contributed by atoms with Gasteiger partial charge >= 0.3 is 0 Å². The molecule has 0 saturated carbocycles. The van der Waals surface area contributed by atoms with E-state index in [9.17, 15) is 4.79 Å². The highest BCUT2D eigenvalue weighted by Gasteiger charge is 2.33. The van der Waals surface area contributed by atoms with Crippen LogP contribution in [0.2, 0.25) is 0 Å². The van der Waals surface area contributed by atoms with Crippen molar-refractivity contribution in [2.24, 2.45) is 0 Å². The lowest BCUT2D eigenvalue weighted by molar-refractivity contribution is 0.0857. The average molecular weight is 286 g/mol. The molecule has 0 amide bonds. The molecule has 2 aliphatic heterocycles. The van der Waals surface area contributed by atoms with Gasteiger partial charge in [0.15, 0.2) is 5.78 Å². The summed E-state index contributed by atoms with van der Waals surface area (Å²) in [7, 11) is 0. The van der Waals surface area contributed by atoms with E-state index in [-0.39, 0.29) is 11.8 Å². The van der Waals surface area contributed by atoms with Gasteiger partial charge in [0.2, 0.25) is 0 Å². The number of carbonyl (C=O) groups is 1. The highest BCUT2D eigenvalue weighted by atomic mass is 16.1. The quantitative estimate of drug-likeness (QED) is 0.795. The molecular formula is C18H26N2O. The molecule has 114 valence electrons. The van der Waals surface area contributed by atoms with Crippen molar-refractivity contribution in [3.63, 3.8) is 0 Å². The summed E-state index contributed by atoms with van der Waals surface area (Å²) in [5, 5.41) is 0. The minimum Gasteiger partial charge on any atom is -0.299 e. The van der Waals surface area contributed by atoms with Gasteiger partial charge in [-0.2, -0.15) is 0 Å². The normalized spacial score (nSPS) is 25.3. The topological polar surface area (TPSA) is 23.6 Å². The van der Waals surface area contributed by atoms with Gasteiger partial charge in [0.05, 0.1) is 6.04 Å². The number of benzene rings is 1. The minimum atomic E-state index is 0.000286. The Kier molecular flexibility index (Phi) is 4.41. The number of hydrogen-bond donors (Lipinski definition) is 0. The molecular weight excluding hydrogens is 260 g/mol. The largest absolute Gasteiger partial charge is 0.299 e. The Bertz CT molecular complexity index is 490. The first-order valence-electron chi connectivity index (χ1n) is 8.24. The van der Waals surface area contributed by atoms with Crippen LogP contribution in [0.1, 0.15) is 42.1 Å². The zero-order valence-corrected chi connectivity index (χ0v) is 13.2. The van der Waals surface area contributed by atoms with Crippen molar-refractivity contribution >= 4 is 5.78 Å². The van der Waals surface area contributed by atoms with E-state index >= 15 is 0 Å². The molecule has 3 heteroatoms. The van der Waals surface area contributed by atoms with Gasteiger partial charge in [-0.3, -0.25) is 14.6 Å². The standard InChI is InChI=1S/C18H26N2O/c1-14-5-7-16(8-6-14)18(21)15(2)20-12-9-17(13-20)19-10-3-4-11-19/h5-8,15,17H,3-4,9-13H2,1-2H3. The summed E-state index contributed by atoms with van der Waals surface area (Å²) in [6, 6.07) is 8.64. The molecule has 0 bridgehead atoms. The molecule has 2 heterocycles. The molecule has 2 aliphatic rings. The fourth-order valence-corrected chi connectivity index (χ4v) is 3.65. The van der Waals surface area contributed by atoms with Crippen molar-refractivity contribution in [1.29, 1.82) is 0 Å². The zero-order valence-electron chi connectivity index (χ0n) is 13.2. The van der Waals surface area contributed by atoms with Crippen LogP contribution in [0.5, 0.6) is 0 Å². The molecule has 0 aliphatic carbocycles. The highest BCUT2D eigenvalue weighted by molar-refractivity contribution is 5.99. The first-order chi connectivity index (χ1) is 10.1. The van der Waals surface area contributed by atoms with Crippen LogP contribution < -0.4 is 0 Å². The summed E-state index contributed by atoms with van der Waals surface area (Å²) in [5.74, 6) is 0.261. The van der Waals surface area contributed by atoms with Gasteiger partial charge in [-0.15, -0.1) is 0 Å². The van der Waals surface area contributed by atoms with Gasteiger partial charge in [-0.05, 0) is 46.2 Å². The molecule has 2 fully saturated rings. The molecule has 0 N–H and O–H groups in total. The lowest BCUT2D eigenvalue weighted by Crippen LogP contribution is -2.41. The van der Waals surface area contributed by atoms with E-state index in [1.165, 1.54) is 37.9 Å². The van der Waals surface area contributed by atoms with Crippen molar-refractivity contribution < 1.29 is 4.79 Å². The smallest absolute Gasteiger partial charge is 0.179 e. The number of aryl methyl sites for hydroxylation is 1. The second-order valence-corrected chi connectivity index (χ2v) is 6.59. The van der Waals surface area contributed by atoms with Crippen LogP contribution in [0.15, 0.2) is 24.3 Å². The average Bonchev–Trinajstić information content (AvgIpc) is 3.17. The molecule has 2 saturated heterocycles. The van der Waals surface area contributed by atoms with Gasteiger partial charge in [-0.25, -0.2) is 0 Å². The fraction of sp³-hybridized carbons (Fsp3) is 0.611. The predicted octanol–water partition coefficient (Wildman–Crippen LogP) is 2.74. The van der Waals surface area contributed by atoms with Crippen LogP contribution in [0.4, 0.5) is 0 Å². The van der Waals surface area contributed by atoms with Gasteiger partial charge in [-0.1, -0.05) is 29.8 Å². The molecule has 1 aromatic carbocycles. The number of hydrogen-bond acceptors (Lipinski definition) is 3. The van der Waals surface area contributed by atoms with Crippen LogP contribution in [0.3, 0.4) is 0 Å². The second-order valence-electron chi connectivity index (χ2n) is 6.59. The van der Waals surface area contributed by atoms with E-state index in [1.807, 2.05) is 24.3 Å². The van der Waals surface area contributed by atoms with Crippen molar-refractivity contribution in [2.75, 3.05) is 26.2 Å². The summed E-state index contributed by atoms with van der Waals surface area (Å²) >= 11 is 0. The fourth-order valence-electron chi connectivity index (χ4n) is 3.65. The Morgan fingerprint density at radius 2 is 1.81 bits per heavy atom. The number of Topliss-reactive ketones (excluding diaryl/α,β-unsaturated/α-hetero) is 1. The molecule has 21 heavy (non-hydrogen) atoms. The SMILES string of the molecule is Cc1ccc(C(=O)C(C)N2CCC(N3CCCC3)C2)cc1. The van der Waals surface area contributed by atoms with Crippen LogP contribution >= 0.6 is 0 Å². The van der Waals surface area contributed by atoms with Gasteiger partial charge in [0.25, 0.3) is 0 Å². The van der Waals surface area contributed by atoms with E-state index in [1.54, 1.807) is 0 Å². The molecule has 3 rings (SSSR count). The molecule has 0 spiro atoms.